The molecule has 3 N–H and O–H groups in total. The van der Waals surface area contributed by atoms with Crippen LogP contribution in [0.1, 0.15) is 25.5 Å². The zero-order valence-electron chi connectivity index (χ0n) is 10.9. The van der Waals surface area contributed by atoms with Gasteiger partial charge in [0.15, 0.2) is 5.16 Å². The molecule has 1 heterocycles. The summed E-state index contributed by atoms with van der Waals surface area (Å²) >= 11 is 4.91. The molecule has 1 aromatic heterocycles. The van der Waals surface area contributed by atoms with Crippen molar-refractivity contribution in [2.24, 2.45) is 0 Å². The summed E-state index contributed by atoms with van der Waals surface area (Å²) in [5.74, 6) is 0. The Morgan fingerprint density at radius 3 is 2.79 bits per heavy atom. The van der Waals surface area contributed by atoms with Gasteiger partial charge in [-0.1, -0.05) is 0 Å². The van der Waals surface area contributed by atoms with Crippen molar-refractivity contribution in [1.82, 2.24) is 14.8 Å². The fourth-order valence-electron chi connectivity index (χ4n) is 1.66. The lowest BCUT2D eigenvalue weighted by atomic mass is 10.2. The topological polar surface area (TPSA) is 76.7 Å². The Kier molecular flexibility index (Phi) is 4.05. The SMILES string of the molecule is Cc1cc(Sc2n[nH]c(=O)n2C(C)C)c(Br)cc1N. The fraction of sp³-hybridized carbons (Fsp3) is 0.333. The van der Waals surface area contributed by atoms with Crippen LogP contribution in [-0.2, 0) is 0 Å². The molecule has 0 unspecified atom stereocenters. The second-order valence-corrected chi connectivity index (χ2v) is 6.38. The Hall–Kier alpha value is -1.21. The summed E-state index contributed by atoms with van der Waals surface area (Å²) in [6.45, 7) is 5.85. The van der Waals surface area contributed by atoms with Crippen LogP contribution >= 0.6 is 27.7 Å². The quantitative estimate of drug-likeness (QED) is 0.840. The molecular weight excluding hydrogens is 328 g/mol. The predicted octanol–water partition coefficient (Wildman–Crippen LogP) is 2.96. The molecule has 0 aliphatic rings. The minimum absolute atomic E-state index is 0.0578. The first-order valence-corrected chi connectivity index (χ1v) is 7.41. The third-order valence-electron chi connectivity index (χ3n) is 2.71. The van der Waals surface area contributed by atoms with Crippen molar-refractivity contribution in [2.75, 3.05) is 5.73 Å². The van der Waals surface area contributed by atoms with Crippen molar-refractivity contribution in [2.45, 2.75) is 36.9 Å². The van der Waals surface area contributed by atoms with Crippen LogP contribution in [0.2, 0.25) is 0 Å². The number of benzene rings is 1. The van der Waals surface area contributed by atoms with Crippen LogP contribution in [0.15, 0.2) is 31.5 Å². The van der Waals surface area contributed by atoms with Gasteiger partial charge < -0.3 is 5.73 Å². The lowest BCUT2D eigenvalue weighted by molar-refractivity contribution is 0.534. The molecule has 2 rings (SSSR count). The number of nitrogen functional groups attached to an aromatic ring is 1. The zero-order valence-corrected chi connectivity index (χ0v) is 13.3. The standard InChI is InChI=1S/C12H15BrN4OS/c1-6(2)17-11(18)15-16-12(17)19-10-4-7(3)9(14)5-8(10)13/h4-6H,14H2,1-3H3,(H,15,18). The Morgan fingerprint density at radius 2 is 2.16 bits per heavy atom. The molecule has 7 heteroatoms. The van der Waals surface area contributed by atoms with Gasteiger partial charge in [0.1, 0.15) is 0 Å². The number of nitrogens with one attached hydrogen (secondary N) is 1. The molecule has 0 atom stereocenters. The summed E-state index contributed by atoms with van der Waals surface area (Å²) < 4.78 is 2.52. The summed E-state index contributed by atoms with van der Waals surface area (Å²) in [7, 11) is 0. The van der Waals surface area contributed by atoms with E-state index in [-0.39, 0.29) is 11.7 Å². The van der Waals surface area contributed by atoms with Crippen molar-refractivity contribution in [3.05, 3.63) is 32.7 Å². The first kappa shape index (κ1) is 14.2. The predicted molar refractivity (Wildman–Crippen MR) is 80.6 cm³/mol. The first-order chi connectivity index (χ1) is 8.90. The number of rotatable bonds is 3. The van der Waals surface area contributed by atoms with Crippen molar-refractivity contribution < 1.29 is 0 Å². The highest BCUT2D eigenvalue weighted by Gasteiger charge is 2.14. The average Bonchev–Trinajstić information content (AvgIpc) is 2.67. The second kappa shape index (κ2) is 5.42. The molecule has 19 heavy (non-hydrogen) atoms. The van der Waals surface area contributed by atoms with Crippen LogP contribution in [0, 0.1) is 6.92 Å². The monoisotopic (exact) mass is 342 g/mol. The Labute approximate surface area is 123 Å². The van der Waals surface area contributed by atoms with Gasteiger partial charge in [-0.15, -0.1) is 5.10 Å². The molecule has 0 bridgehead atoms. The van der Waals surface area contributed by atoms with Crippen LogP contribution in [0.5, 0.6) is 0 Å². The number of anilines is 1. The summed E-state index contributed by atoms with van der Waals surface area (Å²) in [4.78, 5) is 12.7. The minimum Gasteiger partial charge on any atom is -0.398 e. The molecule has 0 saturated heterocycles. The fourth-order valence-corrected chi connectivity index (χ4v) is 3.34. The van der Waals surface area contributed by atoms with E-state index in [2.05, 4.69) is 26.1 Å². The minimum atomic E-state index is -0.194. The number of aromatic amines is 1. The van der Waals surface area contributed by atoms with Crippen molar-refractivity contribution in [3.8, 4) is 0 Å². The zero-order chi connectivity index (χ0) is 14.2. The van der Waals surface area contributed by atoms with Gasteiger partial charge in [0.05, 0.1) is 0 Å². The van der Waals surface area contributed by atoms with Crippen molar-refractivity contribution in [1.29, 1.82) is 0 Å². The highest BCUT2D eigenvalue weighted by molar-refractivity contribution is 9.10. The van der Waals surface area contributed by atoms with Gasteiger partial charge in [0.2, 0.25) is 0 Å². The molecule has 0 radical (unpaired) electrons. The van der Waals surface area contributed by atoms with Gasteiger partial charge >= 0.3 is 5.69 Å². The maximum atomic E-state index is 11.7. The average molecular weight is 343 g/mol. The summed E-state index contributed by atoms with van der Waals surface area (Å²) in [6.07, 6.45) is 0. The molecular formula is C12H15BrN4OS. The van der Waals surface area contributed by atoms with E-state index in [1.165, 1.54) is 11.8 Å². The number of aryl methyl sites for hydroxylation is 1. The van der Waals surface area contributed by atoms with Crippen LogP contribution in [0.3, 0.4) is 0 Å². The van der Waals surface area contributed by atoms with Gasteiger partial charge in [0.25, 0.3) is 0 Å². The number of hydrogen-bond acceptors (Lipinski definition) is 4. The lowest BCUT2D eigenvalue weighted by Crippen LogP contribution is -2.19. The van der Waals surface area contributed by atoms with Gasteiger partial charge in [-0.3, -0.25) is 4.57 Å². The molecule has 0 saturated carbocycles. The van der Waals surface area contributed by atoms with Crippen LogP contribution in [-0.4, -0.2) is 14.8 Å². The molecule has 5 nitrogen and oxygen atoms in total. The van der Waals surface area contributed by atoms with E-state index in [0.717, 1.165) is 20.6 Å². The number of halogens is 1. The number of nitrogens with zero attached hydrogens (tertiary/aromatic N) is 2. The summed E-state index contributed by atoms with van der Waals surface area (Å²) in [6, 6.07) is 3.90. The number of hydrogen-bond donors (Lipinski definition) is 2. The van der Waals surface area contributed by atoms with E-state index in [9.17, 15) is 4.79 Å². The van der Waals surface area contributed by atoms with Gasteiger partial charge in [-0.2, -0.15) is 0 Å². The Balaban J connectivity index is 2.42. The van der Waals surface area contributed by atoms with E-state index in [4.69, 9.17) is 5.73 Å². The lowest BCUT2D eigenvalue weighted by Gasteiger charge is -2.10. The third kappa shape index (κ3) is 2.87. The van der Waals surface area contributed by atoms with Gasteiger partial charge in [-0.05, 0) is 66.2 Å². The maximum absolute atomic E-state index is 11.7. The highest BCUT2D eigenvalue weighted by atomic mass is 79.9. The van der Waals surface area contributed by atoms with Gasteiger partial charge in [-0.25, -0.2) is 9.89 Å². The smallest absolute Gasteiger partial charge is 0.344 e. The van der Waals surface area contributed by atoms with E-state index < -0.39 is 0 Å². The van der Waals surface area contributed by atoms with E-state index >= 15 is 0 Å². The molecule has 0 spiro atoms. The van der Waals surface area contributed by atoms with Crippen molar-refractivity contribution >= 4 is 33.4 Å². The molecule has 0 aliphatic heterocycles. The summed E-state index contributed by atoms with van der Waals surface area (Å²) in [5, 5.41) is 7.19. The summed E-state index contributed by atoms with van der Waals surface area (Å²) in [5.41, 5.74) is 7.39. The molecule has 2 aromatic rings. The Bertz CT molecular complexity index is 662. The molecule has 0 amide bonds. The number of nitrogens with two attached hydrogens (primary N) is 1. The first-order valence-electron chi connectivity index (χ1n) is 5.80. The second-order valence-electron chi connectivity index (χ2n) is 4.52. The molecule has 0 aliphatic carbocycles. The van der Waals surface area contributed by atoms with E-state index in [0.29, 0.717) is 5.16 Å². The van der Waals surface area contributed by atoms with Crippen molar-refractivity contribution in [3.63, 3.8) is 0 Å². The maximum Gasteiger partial charge on any atom is 0.344 e. The van der Waals surface area contributed by atoms with E-state index in [1.807, 2.05) is 32.9 Å². The van der Waals surface area contributed by atoms with Crippen LogP contribution in [0.4, 0.5) is 5.69 Å². The van der Waals surface area contributed by atoms with Crippen LogP contribution < -0.4 is 11.4 Å². The largest absolute Gasteiger partial charge is 0.398 e. The Morgan fingerprint density at radius 1 is 1.47 bits per heavy atom. The normalized spacial score (nSPS) is 11.2. The number of H-pyrrole nitrogens is 1. The highest BCUT2D eigenvalue weighted by Crippen LogP contribution is 2.35. The third-order valence-corrected chi connectivity index (χ3v) is 4.66. The van der Waals surface area contributed by atoms with Crippen LogP contribution in [0.25, 0.3) is 0 Å². The number of aromatic nitrogens is 3. The molecule has 102 valence electrons. The van der Waals surface area contributed by atoms with Gasteiger partial charge in [0, 0.05) is 21.1 Å². The van der Waals surface area contributed by atoms with E-state index in [1.54, 1.807) is 4.57 Å². The molecule has 0 fully saturated rings. The molecule has 1 aromatic carbocycles.